The molecule has 9 atom stereocenters. The Hall–Kier alpha value is -2.18. The number of ketones is 1. The largest absolute Gasteiger partial charge is 0.368 e. The molecule has 41 heavy (non-hydrogen) atoms. The minimum atomic E-state index is -4.17. The molecule has 3 saturated carbocycles. The fourth-order valence-electron chi connectivity index (χ4n) is 7.70. The molecule has 0 N–H and O–H groups in total. The van der Waals surface area contributed by atoms with Crippen LogP contribution in [0.2, 0.25) is 0 Å². The van der Waals surface area contributed by atoms with Crippen LogP contribution in [-0.2, 0) is 56.0 Å². The average Bonchev–Trinajstić information content (AvgIpc) is 3.29. The van der Waals surface area contributed by atoms with Gasteiger partial charge in [0, 0.05) is 6.42 Å². The summed E-state index contributed by atoms with van der Waals surface area (Å²) in [6, 6.07) is 19.4. The van der Waals surface area contributed by atoms with Crippen LogP contribution in [-0.4, -0.2) is 63.1 Å². The molecule has 6 bridgehead atoms. The average molecular weight is 585 g/mol. The van der Waals surface area contributed by atoms with Crippen molar-refractivity contribution < 1.29 is 41.1 Å². The molecule has 3 unspecified atom stereocenters. The highest BCUT2D eigenvalue weighted by molar-refractivity contribution is 7.86. The quantitative estimate of drug-likeness (QED) is 0.386. The highest BCUT2D eigenvalue weighted by Gasteiger charge is 2.67. The summed E-state index contributed by atoms with van der Waals surface area (Å²) in [5, 5.41) is 0. The molecule has 6 fully saturated rings. The van der Waals surface area contributed by atoms with E-state index in [1.807, 2.05) is 74.5 Å². The maximum absolute atomic E-state index is 13.8. The van der Waals surface area contributed by atoms with Gasteiger partial charge in [-0.15, -0.1) is 0 Å². The summed E-state index contributed by atoms with van der Waals surface area (Å²) in [5.74, 6) is -0.140. The predicted molar refractivity (Wildman–Crippen MR) is 146 cm³/mol. The standard InChI is InChI=1S/C31H36O9S/c1-30(2)21-13-14-31(30,22(32)15-21)18-41(33,34)40-28-26-23(35-16-19-9-5-3-6-10-19)25-24(27(28)39-29(37-25)38-26)36-17-20-11-7-4-8-12-20/h3-12,21,23-29H,13-18H2,1-2H3/t21-,23-,24+,25?,26-,27+,28?,29?,31-/m1/s1. The molecule has 2 aromatic carbocycles. The molecule has 3 aliphatic carbocycles. The number of ether oxygens (including phenoxy) is 5. The minimum Gasteiger partial charge on any atom is -0.368 e. The number of benzene rings is 2. The first-order chi connectivity index (χ1) is 19.7. The molecule has 220 valence electrons. The van der Waals surface area contributed by atoms with E-state index < -0.39 is 64.0 Å². The molecule has 3 aliphatic heterocycles. The molecular weight excluding hydrogens is 548 g/mol. The van der Waals surface area contributed by atoms with Gasteiger partial charge < -0.3 is 23.7 Å². The van der Waals surface area contributed by atoms with Crippen molar-refractivity contribution in [3.05, 3.63) is 71.8 Å². The fraction of sp³-hybridized carbons (Fsp3) is 0.581. The van der Waals surface area contributed by atoms with Crippen molar-refractivity contribution in [1.29, 1.82) is 0 Å². The van der Waals surface area contributed by atoms with Crippen molar-refractivity contribution in [2.45, 2.75) is 89.4 Å². The molecule has 3 heterocycles. The molecular formula is C31H36O9S. The third kappa shape index (κ3) is 4.68. The number of Topliss-reactive ketones (excluding diaryl/α,β-unsaturated/α-hetero) is 1. The zero-order valence-electron chi connectivity index (χ0n) is 23.2. The first kappa shape index (κ1) is 27.6. The Labute approximate surface area is 240 Å². The van der Waals surface area contributed by atoms with Gasteiger partial charge in [0.05, 0.1) is 24.4 Å². The Morgan fingerprint density at radius 3 is 1.78 bits per heavy atom. The highest BCUT2D eigenvalue weighted by atomic mass is 32.2. The second-order valence-corrected chi connectivity index (χ2v) is 14.1. The van der Waals surface area contributed by atoms with Crippen LogP contribution in [0.1, 0.15) is 44.2 Å². The van der Waals surface area contributed by atoms with Gasteiger partial charge in [0.1, 0.15) is 42.4 Å². The van der Waals surface area contributed by atoms with E-state index in [1.165, 1.54) is 0 Å². The Kier molecular flexibility index (Phi) is 6.89. The third-order valence-corrected chi connectivity index (χ3v) is 11.5. The molecule has 3 saturated heterocycles. The van der Waals surface area contributed by atoms with E-state index in [-0.39, 0.29) is 30.7 Å². The van der Waals surface area contributed by atoms with Crippen molar-refractivity contribution in [2.75, 3.05) is 5.75 Å². The van der Waals surface area contributed by atoms with Gasteiger partial charge in [-0.1, -0.05) is 74.5 Å². The monoisotopic (exact) mass is 584 g/mol. The summed E-state index contributed by atoms with van der Waals surface area (Å²) in [5.41, 5.74) is 0.566. The van der Waals surface area contributed by atoms with Gasteiger partial charge in [-0.05, 0) is 35.3 Å². The summed E-state index contributed by atoms with van der Waals surface area (Å²) in [6.07, 6.45) is -2.57. The SMILES string of the molecule is CC1(C)[C@@H]2CC[C@@]1(CS(=O)(=O)OC1[C@H]3OC4OC([C@@H](OCc5ccccc5)[C@H]1O4)[C@@H]3OCc1ccccc1)C(=O)C2. The lowest BCUT2D eigenvalue weighted by atomic mass is 9.70. The summed E-state index contributed by atoms with van der Waals surface area (Å²) in [6.45, 7) is 3.62. The third-order valence-electron chi connectivity index (χ3n) is 10.1. The van der Waals surface area contributed by atoms with Gasteiger partial charge in [0.2, 0.25) is 0 Å². The van der Waals surface area contributed by atoms with Crippen LogP contribution in [0.4, 0.5) is 0 Å². The van der Waals surface area contributed by atoms with Gasteiger partial charge in [-0.3, -0.25) is 8.98 Å². The van der Waals surface area contributed by atoms with Crippen molar-refractivity contribution >= 4 is 15.9 Å². The van der Waals surface area contributed by atoms with Crippen LogP contribution in [0.15, 0.2) is 60.7 Å². The van der Waals surface area contributed by atoms with Crippen LogP contribution in [0.3, 0.4) is 0 Å². The number of carbonyl (C=O) groups is 1. The van der Waals surface area contributed by atoms with Crippen molar-refractivity contribution in [3.63, 3.8) is 0 Å². The van der Waals surface area contributed by atoms with Gasteiger partial charge in [0.25, 0.3) is 16.6 Å². The van der Waals surface area contributed by atoms with Gasteiger partial charge in [0.15, 0.2) is 0 Å². The van der Waals surface area contributed by atoms with Gasteiger partial charge >= 0.3 is 0 Å². The van der Waals surface area contributed by atoms with E-state index in [2.05, 4.69) is 0 Å². The Morgan fingerprint density at radius 1 is 0.805 bits per heavy atom. The topological polar surface area (TPSA) is 107 Å². The van der Waals surface area contributed by atoms with Crippen molar-refractivity contribution in [1.82, 2.24) is 0 Å². The number of hydrogen-bond donors (Lipinski definition) is 0. The Balaban J connectivity index is 1.16. The van der Waals surface area contributed by atoms with Gasteiger partial charge in [-0.25, -0.2) is 0 Å². The summed E-state index contributed by atoms with van der Waals surface area (Å²) >= 11 is 0. The van der Waals surface area contributed by atoms with E-state index in [0.717, 1.165) is 17.5 Å². The maximum atomic E-state index is 13.8. The van der Waals surface area contributed by atoms with E-state index >= 15 is 0 Å². The molecule has 10 heteroatoms. The number of fused-ring (bicyclic) bond motifs is 2. The lowest BCUT2D eigenvalue weighted by molar-refractivity contribution is -0.484. The molecule has 9 nitrogen and oxygen atoms in total. The van der Waals surface area contributed by atoms with Crippen molar-refractivity contribution in [2.24, 2.45) is 16.7 Å². The Morgan fingerprint density at radius 2 is 1.32 bits per heavy atom. The van der Waals surface area contributed by atoms with E-state index in [1.54, 1.807) is 0 Å². The second-order valence-electron chi connectivity index (χ2n) is 12.5. The molecule has 0 aromatic heterocycles. The first-order valence-corrected chi connectivity index (χ1v) is 16.0. The number of carbonyl (C=O) groups excluding carboxylic acids is 1. The van der Waals surface area contributed by atoms with Crippen LogP contribution >= 0.6 is 0 Å². The normalized spacial score (nSPS) is 38.5. The second kappa shape index (κ2) is 10.2. The zero-order valence-corrected chi connectivity index (χ0v) is 24.0. The van der Waals surface area contributed by atoms with E-state index in [4.69, 9.17) is 27.9 Å². The lowest BCUT2D eigenvalue weighted by Gasteiger charge is -2.58. The number of hydrogen-bond acceptors (Lipinski definition) is 9. The summed E-state index contributed by atoms with van der Waals surface area (Å²) in [4.78, 5) is 13.1. The smallest absolute Gasteiger partial charge is 0.272 e. The van der Waals surface area contributed by atoms with Gasteiger partial charge in [-0.2, -0.15) is 8.42 Å². The highest BCUT2D eigenvalue weighted by Crippen LogP contribution is 2.64. The zero-order chi connectivity index (χ0) is 28.4. The van der Waals surface area contributed by atoms with Crippen LogP contribution in [0.25, 0.3) is 0 Å². The summed E-state index contributed by atoms with van der Waals surface area (Å²) in [7, 11) is -4.17. The molecule has 8 rings (SSSR count). The fourth-order valence-corrected chi connectivity index (χ4v) is 9.61. The van der Waals surface area contributed by atoms with E-state index in [9.17, 15) is 13.2 Å². The predicted octanol–water partition coefficient (Wildman–Crippen LogP) is 3.75. The summed E-state index contributed by atoms with van der Waals surface area (Å²) < 4.78 is 64.3. The van der Waals surface area contributed by atoms with Crippen LogP contribution < -0.4 is 0 Å². The Bertz CT molecular complexity index is 1320. The number of rotatable bonds is 10. The van der Waals surface area contributed by atoms with Crippen LogP contribution in [0.5, 0.6) is 0 Å². The molecule has 2 aromatic rings. The molecule has 6 aliphatic rings. The van der Waals surface area contributed by atoms with E-state index in [0.29, 0.717) is 12.8 Å². The lowest BCUT2D eigenvalue weighted by Crippen LogP contribution is -2.76. The molecule has 0 amide bonds. The van der Waals surface area contributed by atoms with Crippen LogP contribution in [0, 0.1) is 16.7 Å². The molecule has 0 spiro atoms. The first-order valence-electron chi connectivity index (χ1n) is 14.4. The maximum Gasteiger partial charge on any atom is 0.272 e. The van der Waals surface area contributed by atoms with Crippen molar-refractivity contribution in [3.8, 4) is 0 Å². The molecule has 0 radical (unpaired) electrons. The minimum absolute atomic E-state index is 0.0186.